The van der Waals surface area contributed by atoms with E-state index < -0.39 is 0 Å². The number of hydrogen-bond acceptors (Lipinski definition) is 4. The molecule has 0 N–H and O–H groups in total. The molecule has 0 aliphatic carbocycles. The van der Waals surface area contributed by atoms with Gasteiger partial charge in [-0.2, -0.15) is 5.26 Å². The standard InChI is InChI=1S/C14H15NO3/c1-3-13-11(7-14(17)18-4-2)5-10(9-16)6-12(13)8-15/h5-6,9H,3-4,7H2,1-2H3. The zero-order valence-corrected chi connectivity index (χ0v) is 10.5. The van der Waals surface area contributed by atoms with Gasteiger partial charge in [0.1, 0.15) is 6.29 Å². The smallest absolute Gasteiger partial charge is 0.310 e. The molecule has 0 aliphatic heterocycles. The first kappa shape index (κ1) is 13.9. The molecule has 0 saturated carbocycles. The lowest BCUT2D eigenvalue weighted by molar-refractivity contribution is -0.142. The molecule has 1 aromatic carbocycles. The predicted molar refractivity (Wildman–Crippen MR) is 66.3 cm³/mol. The lowest BCUT2D eigenvalue weighted by atomic mass is 9.95. The van der Waals surface area contributed by atoms with Crippen molar-refractivity contribution in [2.75, 3.05) is 6.61 Å². The summed E-state index contributed by atoms with van der Waals surface area (Å²) in [7, 11) is 0. The minimum Gasteiger partial charge on any atom is -0.466 e. The second-order valence-corrected chi connectivity index (χ2v) is 3.77. The van der Waals surface area contributed by atoms with Crippen molar-refractivity contribution < 1.29 is 14.3 Å². The number of carbonyl (C=O) groups excluding carboxylic acids is 2. The van der Waals surface area contributed by atoms with Crippen molar-refractivity contribution in [1.82, 2.24) is 0 Å². The van der Waals surface area contributed by atoms with Crippen LogP contribution in [-0.4, -0.2) is 18.9 Å². The molecule has 0 aromatic heterocycles. The number of nitriles is 1. The summed E-state index contributed by atoms with van der Waals surface area (Å²) in [5.74, 6) is -0.348. The number of aldehydes is 1. The van der Waals surface area contributed by atoms with Crippen molar-refractivity contribution >= 4 is 12.3 Å². The topological polar surface area (TPSA) is 67.2 Å². The van der Waals surface area contributed by atoms with E-state index in [-0.39, 0.29) is 12.4 Å². The molecule has 4 heteroatoms. The first-order valence-electron chi connectivity index (χ1n) is 5.82. The van der Waals surface area contributed by atoms with Crippen LogP contribution in [0.4, 0.5) is 0 Å². The SMILES string of the molecule is CCOC(=O)Cc1cc(C=O)cc(C#N)c1CC. The second kappa shape index (κ2) is 6.55. The Kier molecular flexibility index (Phi) is 5.06. The van der Waals surface area contributed by atoms with Crippen molar-refractivity contribution in [2.45, 2.75) is 26.7 Å². The maximum atomic E-state index is 11.5. The summed E-state index contributed by atoms with van der Waals surface area (Å²) in [4.78, 5) is 22.3. The van der Waals surface area contributed by atoms with Gasteiger partial charge >= 0.3 is 5.97 Å². The van der Waals surface area contributed by atoms with Crippen molar-refractivity contribution in [3.8, 4) is 6.07 Å². The molecule has 0 heterocycles. The highest BCUT2D eigenvalue weighted by atomic mass is 16.5. The van der Waals surface area contributed by atoms with Crippen LogP contribution in [0, 0.1) is 11.3 Å². The molecule has 1 aromatic rings. The molecule has 94 valence electrons. The van der Waals surface area contributed by atoms with E-state index in [0.29, 0.717) is 36.0 Å². The quantitative estimate of drug-likeness (QED) is 0.588. The molecule has 18 heavy (non-hydrogen) atoms. The first-order chi connectivity index (χ1) is 8.65. The van der Waals surface area contributed by atoms with Crippen LogP contribution in [0.5, 0.6) is 0 Å². The normalized spacial score (nSPS) is 9.61. The Labute approximate surface area is 106 Å². The Balaban J connectivity index is 3.19. The van der Waals surface area contributed by atoms with Crippen molar-refractivity contribution in [1.29, 1.82) is 5.26 Å². The highest BCUT2D eigenvalue weighted by Crippen LogP contribution is 2.18. The third-order valence-corrected chi connectivity index (χ3v) is 2.61. The van der Waals surface area contributed by atoms with Gasteiger partial charge < -0.3 is 4.74 Å². The summed E-state index contributed by atoms with van der Waals surface area (Å²) in [6, 6.07) is 5.24. The van der Waals surface area contributed by atoms with Crippen LogP contribution in [0.25, 0.3) is 0 Å². The highest BCUT2D eigenvalue weighted by molar-refractivity contribution is 5.79. The van der Waals surface area contributed by atoms with Crippen LogP contribution < -0.4 is 0 Å². The van der Waals surface area contributed by atoms with Crippen molar-refractivity contribution in [2.24, 2.45) is 0 Å². The van der Waals surface area contributed by atoms with Gasteiger partial charge in [0.05, 0.1) is 24.7 Å². The molecule has 0 spiro atoms. The summed E-state index contributed by atoms with van der Waals surface area (Å²) in [6.07, 6.45) is 1.40. The zero-order valence-electron chi connectivity index (χ0n) is 10.5. The molecule has 0 unspecified atom stereocenters. The largest absolute Gasteiger partial charge is 0.466 e. The first-order valence-corrected chi connectivity index (χ1v) is 5.82. The monoisotopic (exact) mass is 245 g/mol. The number of carbonyl (C=O) groups is 2. The summed E-state index contributed by atoms with van der Waals surface area (Å²) in [5, 5.41) is 9.05. The van der Waals surface area contributed by atoms with Gasteiger partial charge in [0, 0.05) is 5.56 Å². The van der Waals surface area contributed by atoms with E-state index in [9.17, 15) is 9.59 Å². The number of rotatable bonds is 5. The van der Waals surface area contributed by atoms with E-state index in [1.54, 1.807) is 19.1 Å². The van der Waals surface area contributed by atoms with Gasteiger partial charge in [-0.15, -0.1) is 0 Å². The van der Waals surface area contributed by atoms with Crippen LogP contribution in [0.3, 0.4) is 0 Å². The fraction of sp³-hybridized carbons (Fsp3) is 0.357. The Bertz CT molecular complexity index is 500. The van der Waals surface area contributed by atoms with E-state index in [1.165, 1.54) is 0 Å². The number of esters is 1. The van der Waals surface area contributed by atoms with Gasteiger partial charge in [-0.25, -0.2) is 0 Å². The molecule has 0 saturated heterocycles. The predicted octanol–water partition coefficient (Wildman–Crippen LogP) is 2.04. The highest BCUT2D eigenvalue weighted by Gasteiger charge is 2.13. The molecular formula is C14H15NO3. The van der Waals surface area contributed by atoms with Crippen molar-refractivity contribution in [3.63, 3.8) is 0 Å². The Hall–Kier alpha value is -2.15. The lowest BCUT2D eigenvalue weighted by Gasteiger charge is -2.10. The molecule has 1 rings (SSSR count). The average molecular weight is 245 g/mol. The third kappa shape index (κ3) is 3.17. The zero-order chi connectivity index (χ0) is 13.5. The molecule has 0 bridgehead atoms. The van der Waals surface area contributed by atoms with E-state index >= 15 is 0 Å². The maximum Gasteiger partial charge on any atom is 0.310 e. The van der Waals surface area contributed by atoms with Gasteiger partial charge in [-0.3, -0.25) is 9.59 Å². The Morgan fingerprint density at radius 2 is 2.17 bits per heavy atom. The van der Waals surface area contributed by atoms with Crippen LogP contribution >= 0.6 is 0 Å². The number of nitrogens with zero attached hydrogens (tertiary/aromatic N) is 1. The van der Waals surface area contributed by atoms with Crippen molar-refractivity contribution in [3.05, 3.63) is 34.4 Å². The van der Waals surface area contributed by atoms with Crippen LogP contribution in [0.1, 0.15) is 40.9 Å². The molecule has 4 nitrogen and oxygen atoms in total. The summed E-state index contributed by atoms with van der Waals surface area (Å²) < 4.78 is 4.88. The van der Waals surface area contributed by atoms with Crippen LogP contribution in [-0.2, 0) is 22.4 Å². The number of benzene rings is 1. The van der Waals surface area contributed by atoms with Gasteiger partial charge in [0.15, 0.2) is 0 Å². The Morgan fingerprint density at radius 3 is 2.67 bits per heavy atom. The summed E-state index contributed by atoms with van der Waals surface area (Å²) in [6.45, 7) is 3.96. The lowest BCUT2D eigenvalue weighted by Crippen LogP contribution is -2.10. The van der Waals surface area contributed by atoms with Gasteiger partial charge in [-0.1, -0.05) is 6.92 Å². The minimum atomic E-state index is -0.348. The number of hydrogen-bond donors (Lipinski definition) is 0. The fourth-order valence-corrected chi connectivity index (χ4v) is 1.87. The minimum absolute atomic E-state index is 0.0906. The van der Waals surface area contributed by atoms with E-state index in [1.807, 2.05) is 6.92 Å². The molecular weight excluding hydrogens is 230 g/mol. The van der Waals surface area contributed by atoms with Gasteiger partial charge in [-0.05, 0) is 36.6 Å². The van der Waals surface area contributed by atoms with E-state index in [4.69, 9.17) is 10.00 Å². The summed E-state index contributed by atoms with van der Waals surface area (Å²) in [5.41, 5.74) is 2.35. The molecule has 0 atom stereocenters. The molecule has 0 radical (unpaired) electrons. The molecule has 0 amide bonds. The second-order valence-electron chi connectivity index (χ2n) is 3.77. The number of ether oxygens (including phenoxy) is 1. The van der Waals surface area contributed by atoms with Gasteiger partial charge in [0.2, 0.25) is 0 Å². The molecule has 0 aliphatic rings. The van der Waals surface area contributed by atoms with Crippen LogP contribution in [0.15, 0.2) is 12.1 Å². The van der Waals surface area contributed by atoms with E-state index in [0.717, 1.165) is 5.56 Å². The third-order valence-electron chi connectivity index (χ3n) is 2.61. The Morgan fingerprint density at radius 1 is 1.44 bits per heavy atom. The van der Waals surface area contributed by atoms with Crippen LogP contribution in [0.2, 0.25) is 0 Å². The fourth-order valence-electron chi connectivity index (χ4n) is 1.87. The molecule has 0 fully saturated rings. The maximum absolute atomic E-state index is 11.5. The van der Waals surface area contributed by atoms with E-state index in [2.05, 4.69) is 6.07 Å². The van der Waals surface area contributed by atoms with Gasteiger partial charge in [0.25, 0.3) is 0 Å². The average Bonchev–Trinajstić information content (AvgIpc) is 2.37. The summed E-state index contributed by atoms with van der Waals surface area (Å²) >= 11 is 0.